The van der Waals surface area contributed by atoms with Crippen molar-refractivity contribution in [3.63, 3.8) is 0 Å². The molecule has 0 aromatic carbocycles. The lowest BCUT2D eigenvalue weighted by Crippen LogP contribution is -2.06. The first-order chi connectivity index (χ1) is 7.81. The van der Waals surface area contributed by atoms with Crippen molar-refractivity contribution < 1.29 is 14.1 Å². The van der Waals surface area contributed by atoms with E-state index in [1.165, 1.54) is 12.4 Å². The fraction of sp³-hybridized carbons (Fsp3) is 0.222. The Balaban J connectivity index is 2.23. The first-order valence-electron chi connectivity index (χ1n) is 4.59. The summed E-state index contributed by atoms with van der Waals surface area (Å²) in [4.78, 5) is 15.1. The van der Waals surface area contributed by atoms with Crippen molar-refractivity contribution in [2.45, 2.75) is 6.92 Å². The molecule has 0 bridgehead atoms. The highest BCUT2D eigenvalue weighted by Gasteiger charge is 2.16. The molecule has 0 saturated carbocycles. The first-order valence-corrected chi connectivity index (χ1v) is 4.59. The average Bonchev–Trinajstić information content (AvgIpc) is 2.80. The van der Waals surface area contributed by atoms with Crippen LogP contribution >= 0.6 is 0 Å². The van der Waals surface area contributed by atoms with Gasteiger partial charge in [0.25, 0.3) is 11.7 Å². The van der Waals surface area contributed by atoms with E-state index in [9.17, 15) is 4.79 Å². The summed E-state index contributed by atoms with van der Waals surface area (Å²) in [6.45, 7) is 1.96. The minimum atomic E-state index is -0.612. The summed E-state index contributed by atoms with van der Waals surface area (Å²) in [5.41, 5.74) is 0.595. The van der Waals surface area contributed by atoms with E-state index in [0.29, 0.717) is 5.56 Å². The molecule has 2 aromatic heterocycles. The Morgan fingerprint density at radius 3 is 3.06 bits per heavy atom. The van der Waals surface area contributed by atoms with E-state index in [4.69, 9.17) is 9.26 Å². The van der Waals surface area contributed by atoms with Crippen LogP contribution in [0, 0.1) is 0 Å². The Labute approximate surface area is 90.5 Å². The summed E-state index contributed by atoms with van der Waals surface area (Å²) in [5.74, 6) is -0.508. The molecule has 0 N–H and O–H groups in total. The zero-order valence-corrected chi connectivity index (χ0v) is 8.45. The third kappa shape index (κ3) is 2.02. The molecule has 0 spiro atoms. The number of carbonyl (C=O) groups excluding carboxylic acids is 1. The van der Waals surface area contributed by atoms with Crippen LogP contribution in [0.3, 0.4) is 0 Å². The van der Waals surface area contributed by atoms with Crippen molar-refractivity contribution in [1.29, 1.82) is 0 Å². The smallest absolute Gasteiger partial charge is 0.379 e. The van der Waals surface area contributed by atoms with E-state index in [0.717, 1.165) is 0 Å². The predicted molar refractivity (Wildman–Crippen MR) is 51.3 cm³/mol. The molecule has 82 valence electrons. The molecule has 16 heavy (non-hydrogen) atoms. The van der Waals surface area contributed by atoms with Gasteiger partial charge in [-0.2, -0.15) is 15.2 Å². The van der Waals surface area contributed by atoms with Gasteiger partial charge < -0.3 is 9.26 Å². The Morgan fingerprint density at radius 2 is 2.38 bits per heavy atom. The van der Waals surface area contributed by atoms with Gasteiger partial charge in [-0.15, -0.1) is 0 Å². The molecule has 7 heteroatoms. The van der Waals surface area contributed by atoms with E-state index < -0.39 is 5.97 Å². The van der Waals surface area contributed by atoms with Gasteiger partial charge in [-0.1, -0.05) is 0 Å². The fourth-order valence-electron chi connectivity index (χ4n) is 1.04. The summed E-state index contributed by atoms with van der Waals surface area (Å²) < 4.78 is 9.61. The Hall–Kier alpha value is -2.31. The van der Waals surface area contributed by atoms with Crippen LogP contribution in [0.15, 0.2) is 23.0 Å². The standard InChI is InChI=1S/C9H8N4O3/c1-2-15-9(14)7-12-8(16-13-7)6-3-4-10-11-5-6/h3-5H,2H2,1H3. The zero-order chi connectivity index (χ0) is 11.4. The molecule has 0 amide bonds. The van der Waals surface area contributed by atoms with Crippen LogP contribution in [0.5, 0.6) is 0 Å². The maximum Gasteiger partial charge on any atom is 0.379 e. The topological polar surface area (TPSA) is 91.0 Å². The molecule has 0 aliphatic rings. The minimum absolute atomic E-state index is 0.103. The number of nitrogens with zero attached hydrogens (tertiary/aromatic N) is 4. The van der Waals surface area contributed by atoms with Gasteiger partial charge in [0.15, 0.2) is 0 Å². The molecule has 0 unspecified atom stereocenters. The molecular weight excluding hydrogens is 212 g/mol. The fourth-order valence-corrected chi connectivity index (χ4v) is 1.04. The van der Waals surface area contributed by atoms with Crippen LogP contribution in [-0.2, 0) is 4.74 Å². The Morgan fingerprint density at radius 1 is 1.50 bits per heavy atom. The maximum absolute atomic E-state index is 11.3. The number of carbonyl (C=O) groups is 1. The van der Waals surface area contributed by atoms with Crippen LogP contribution in [0.1, 0.15) is 17.5 Å². The molecule has 0 saturated heterocycles. The minimum Gasteiger partial charge on any atom is -0.460 e. The number of aromatic nitrogens is 4. The largest absolute Gasteiger partial charge is 0.460 e. The summed E-state index contributed by atoms with van der Waals surface area (Å²) in [7, 11) is 0. The second-order valence-corrected chi connectivity index (χ2v) is 2.77. The normalized spacial score (nSPS) is 10.1. The molecule has 2 aromatic rings. The lowest BCUT2D eigenvalue weighted by atomic mass is 10.3. The van der Waals surface area contributed by atoms with Gasteiger partial charge in [-0.3, -0.25) is 0 Å². The lowest BCUT2D eigenvalue weighted by molar-refractivity contribution is 0.0508. The van der Waals surface area contributed by atoms with E-state index >= 15 is 0 Å². The van der Waals surface area contributed by atoms with Gasteiger partial charge in [0.05, 0.1) is 24.6 Å². The Bertz CT molecular complexity index is 483. The summed E-state index contributed by atoms with van der Waals surface area (Å²) in [5, 5.41) is 10.8. The maximum atomic E-state index is 11.3. The molecule has 0 atom stereocenters. The van der Waals surface area contributed by atoms with Crippen molar-refractivity contribution in [2.75, 3.05) is 6.61 Å². The van der Waals surface area contributed by atoms with E-state index in [1.54, 1.807) is 13.0 Å². The quantitative estimate of drug-likeness (QED) is 0.703. The highest BCUT2D eigenvalue weighted by atomic mass is 16.5. The van der Waals surface area contributed by atoms with Crippen LogP contribution in [0.4, 0.5) is 0 Å². The van der Waals surface area contributed by atoms with Crippen LogP contribution < -0.4 is 0 Å². The molecule has 7 nitrogen and oxygen atoms in total. The molecule has 0 radical (unpaired) electrons. The monoisotopic (exact) mass is 220 g/mol. The predicted octanol–water partition coefficient (Wildman–Crippen LogP) is 0.703. The number of ether oxygens (including phenoxy) is 1. The summed E-state index contributed by atoms with van der Waals surface area (Å²) in [6, 6.07) is 1.65. The van der Waals surface area contributed by atoms with Crippen LogP contribution in [0.25, 0.3) is 11.5 Å². The van der Waals surface area contributed by atoms with Gasteiger partial charge >= 0.3 is 5.97 Å². The van der Waals surface area contributed by atoms with Gasteiger partial charge in [0, 0.05) is 0 Å². The SMILES string of the molecule is CCOC(=O)c1noc(-c2ccnnc2)n1. The first kappa shape index (κ1) is 10.2. The van der Waals surface area contributed by atoms with Crippen molar-refractivity contribution in [3.05, 3.63) is 24.3 Å². The van der Waals surface area contributed by atoms with Crippen molar-refractivity contribution >= 4 is 5.97 Å². The van der Waals surface area contributed by atoms with Gasteiger partial charge in [-0.05, 0) is 18.1 Å². The zero-order valence-electron chi connectivity index (χ0n) is 8.45. The van der Waals surface area contributed by atoms with E-state index in [2.05, 4.69) is 20.3 Å². The number of hydrogen-bond donors (Lipinski definition) is 0. The number of esters is 1. The molecule has 2 rings (SSSR count). The molecule has 2 heterocycles. The third-order valence-electron chi connectivity index (χ3n) is 1.72. The van der Waals surface area contributed by atoms with Gasteiger partial charge in [0.2, 0.25) is 0 Å². The molecular formula is C9H8N4O3. The van der Waals surface area contributed by atoms with Crippen LogP contribution in [-0.4, -0.2) is 32.9 Å². The second kappa shape index (κ2) is 4.47. The van der Waals surface area contributed by atoms with Crippen molar-refractivity contribution in [3.8, 4) is 11.5 Å². The average molecular weight is 220 g/mol. The highest BCUT2D eigenvalue weighted by Crippen LogP contribution is 2.14. The third-order valence-corrected chi connectivity index (χ3v) is 1.72. The number of rotatable bonds is 3. The van der Waals surface area contributed by atoms with Crippen molar-refractivity contribution in [1.82, 2.24) is 20.3 Å². The summed E-state index contributed by atoms with van der Waals surface area (Å²) in [6.07, 6.45) is 2.95. The molecule has 0 aliphatic heterocycles. The number of hydrogen-bond acceptors (Lipinski definition) is 7. The van der Waals surface area contributed by atoms with Gasteiger partial charge in [-0.25, -0.2) is 4.79 Å². The molecule has 0 aliphatic carbocycles. The van der Waals surface area contributed by atoms with Gasteiger partial charge in [0.1, 0.15) is 0 Å². The summed E-state index contributed by atoms with van der Waals surface area (Å²) >= 11 is 0. The van der Waals surface area contributed by atoms with E-state index in [1.807, 2.05) is 0 Å². The Kier molecular flexibility index (Phi) is 2.86. The van der Waals surface area contributed by atoms with E-state index in [-0.39, 0.29) is 18.3 Å². The van der Waals surface area contributed by atoms with Crippen LogP contribution in [0.2, 0.25) is 0 Å². The molecule has 0 fully saturated rings. The lowest BCUT2D eigenvalue weighted by Gasteiger charge is -1.93. The highest BCUT2D eigenvalue weighted by molar-refractivity contribution is 5.85. The second-order valence-electron chi connectivity index (χ2n) is 2.77. The van der Waals surface area contributed by atoms with Crippen molar-refractivity contribution in [2.24, 2.45) is 0 Å².